The van der Waals surface area contributed by atoms with E-state index in [9.17, 15) is 22.8 Å². The van der Waals surface area contributed by atoms with Crippen LogP contribution in [0.25, 0.3) is 0 Å². The number of carbonyl (C=O) groups excluding carboxylic acids is 1. The van der Waals surface area contributed by atoms with Gasteiger partial charge in [0.2, 0.25) is 5.91 Å². The van der Waals surface area contributed by atoms with Crippen LogP contribution in [0.5, 0.6) is 0 Å². The fourth-order valence-electron chi connectivity index (χ4n) is 1.28. The number of anilines is 1. The first-order chi connectivity index (χ1) is 7.73. The smallest absolute Gasteiger partial charge is 0.418 e. The maximum absolute atomic E-state index is 12.6. The SMILES string of the molecule is CC(=O)Nc1c(C(=O)O)cccc1C(F)(F)F. The molecule has 7 heteroatoms. The normalized spacial score (nSPS) is 11.1. The number of rotatable bonds is 2. The number of nitrogens with one attached hydrogen (secondary N) is 1. The third kappa shape index (κ3) is 2.96. The monoisotopic (exact) mass is 247 g/mol. The number of halogens is 3. The first-order valence-electron chi connectivity index (χ1n) is 4.44. The lowest BCUT2D eigenvalue weighted by atomic mass is 10.1. The second-order valence-corrected chi connectivity index (χ2v) is 3.21. The zero-order chi connectivity index (χ0) is 13.2. The second kappa shape index (κ2) is 4.44. The zero-order valence-corrected chi connectivity index (χ0v) is 8.63. The predicted molar refractivity (Wildman–Crippen MR) is 52.7 cm³/mol. The van der Waals surface area contributed by atoms with Gasteiger partial charge >= 0.3 is 12.1 Å². The molecule has 1 rings (SSSR count). The van der Waals surface area contributed by atoms with Crippen molar-refractivity contribution in [3.63, 3.8) is 0 Å². The van der Waals surface area contributed by atoms with Gasteiger partial charge in [0, 0.05) is 6.92 Å². The van der Waals surface area contributed by atoms with E-state index in [2.05, 4.69) is 0 Å². The number of carboxylic acid groups (broad SMARTS) is 1. The minimum atomic E-state index is -4.73. The van der Waals surface area contributed by atoms with E-state index in [-0.39, 0.29) is 0 Å². The van der Waals surface area contributed by atoms with Crippen LogP contribution in [-0.2, 0) is 11.0 Å². The van der Waals surface area contributed by atoms with Crippen LogP contribution in [0.3, 0.4) is 0 Å². The number of alkyl halides is 3. The summed E-state index contributed by atoms with van der Waals surface area (Å²) in [5.74, 6) is -2.32. The van der Waals surface area contributed by atoms with Crippen LogP contribution >= 0.6 is 0 Å². The van der Waals surface area contributed by atoms with Crippen LogP contribution in [0, 0.1) is 0 Å². The summed E-state index contributed by atoms with van der Waals surface area (Å²) in [6, 6.07) is 2.66. The molecule has 0 saturated heterocycles. The van der Waals surface area contributed by atoms with E-state index in [1.54, 1.807) is 0 Å². The Morgan fingerprint density at radius 1 is 1.29 bits per heavy atom. The average Bonchev–Trinajstić information content (AvgIpc) is 2.14. The molecule has 0 spiro atoms. The predicted octanol–water partition coefficient (Wildman–Crippen LogP) is 2.36. The number of benzene rings is 1. The number of hydrogen-bond acceptors (Lipinski definition) is 2. The van der Waals surface area contributed by atoms with Crippen molar-refractivity contribution in [3.05, 3.63) is 29.3 Å². The van der Waals surface area contributed by atoms with Crippen molar-refractivity contribution in [1.29, 1.82) is 0 Å². The molecule has 0 radical (unpaired) electrons. The van der Waals surface area contributed by atoms with E-state index < -0.39 is 34.9 Å². The molecule has 4 nitrogen and oxygen atoms in total. The summed E-state index contributed by atoms with van der Waals surface area (Å²) >= 11 is 0. The fraction of sp³-hybridized carbons (Fsp3) is 0.200. The van der Waals surface area contributed by atoms with Crippen molar-refractivity contribution < 1.29 is 27.9 Å². The minimum Gasteiger partial charge on any atom is -0.478 e. The molecule has 2 N–H and O–H groups in total. The van der Waals surface area contributed by atoms with Crippen molar-refractivity contribution in [2.45, 2.75) is 13.1 Å². The Morgan fingerprint density at radius 3 is 2.29 bits per heavy atom. The lowest BCUT2D eigenvalue weighted by Crippen LogP contribution is -2.17. The third-order valence-electron chi connectivity index (χ3n) is 1.90. The summed E-state index contributed by atoms with van der Waals surface area (Å²) in [6.07, 6.45) is -4.73. The highest BCUT2D eigenvalue weighted by atomic mass is 19.4. The van der Waals surface area contributed by atoms with Gasteiger partial charge in [-0.25, -0.2) is 4.79 Å². The van der Waals surface area contributed by atoms with Gasteiger partial charge in [0.1, 0.15) is 0 Å². The summed E-state index contributed by atoms with van der Waals surface area (Å²) in [6.45, 7) is 0.999. The number of para-hydroxylation sites is 1. The fourth-order valence-corrected chi connectivity index (χ4v) is 1.28. The van der Waals surface area contributed by atoms with E-state index in [4.69, 9.17) is 5.11 Å². The largest absolute Gasteiger partial charge is 0.478 e. The molecule has 0 fully saturated rings. The van der Waals surface area contributed by atoms with Gasteiger partial charge in [-0.3, -0.25) is 4.79 Å². The number of carboxylic acids is 1. The quantitative estimate of drug-likeness (QED) is 0.843. The number of carbonyl (C=O) groups is 2. The van der Waals surface area contributed by atoms with Crippen LogP contribution in [0.15, 0.2) is 18.2 Å². The average molecular weight is 247 g/mol. The molecule has 1 aromatic rings. The molecule has 0 aliphatic carbocycles. The maximum atomic E-state index is 12.6. The zero-order valence-electron chi connectivity index (χ0n) is 8.63. The Hall–Kier alpha value is -2.05. The standard InChI is InChI=1S/C10H8F3NO3/c1-5(15)14-8-6(9(16)17)3-2-4-7(8)10(11,12)13/h2-4H,1H3,(H,14,15)(H,16,17). The molecule has 0 unspecified atom stereocenters. The molecule has 0 heterocycles. The van der Waals surface area contributed by atoms with Gasteiger partial charge < -0.3 is 10.4 Å². The molecule has 0 bridgehead atoms. The van der Waals surface area contributed by atoms with E-state index in [0.717, 1.165) is 19.1 Å². The summed E-state index contributed by atoms with van der Waals surface area (Å²) in [5.41, 5.74) is -2.53. The van der Waals surface area contributed by atoms with Crippen molar-refractivity contribution in [1.82, 2.24) is 0 Å². The van der Waals surface area contributed by atoms with Gasteiger partial charge in [0.05, 0.1) is 16.8 Å². The number of hydrogen-bond donors (Lipinski definition) is 2. The Bertz CT molecular complexity index is 468. The van der Waals surface area contributed by atoms with Crippen LogP contribution in [-0.4, -0.2) is 17.0 Å². The molecule has 0 saturated carbocycles. The molecule has 0 aliphatic rings. The summed E-state index contributed by atoms with van der Waals surface area (Å²) in [5, 5.41) is 10.6. The van der Waals surface area contributed by atoms with Crippen molar-refractivity contribution in [2.24, 2.45) is 0 Å². The summed E-state index contributed by atoms with van der Waals surface area (Å²) in [7, 11) is 0. The molecule has 1 amide bonds. The van der Waals surface area contributed by atoms with Crippen LogP contribution in [0.2, 0.25) is 0 Å². The highest BCUT2D eigenvalue weighted by Crippen LogP contribution is 2.36. The van der Waals surface area contributed by atoms with Crippen molar-refractivity contribution in [2.75, 3.05) is 5.32 Å². The van der Waals surface area contributed by atoms with Gasteiger partial charge in [-0.2, -0.15) is 13.2 Å². The lowest BCUT2D eigenvalue weighted by Gasteiger charge is -2.14. The number of amides is 1. The lowest BCUT2D eigenvalue weighted by molar-refractivity contribution is -0.137. The van der Waals surface area contributed by atoms with E-state index >= 15 is 0 Å². The number of aromatic carboxylic acids is 1. The third-order valence-corrected chi connectivity index (χ3v) is 1.90. The molecule has 17 heavy (non-hydrogen) atoms. The topological polar surface area (TPSA) is 66.4 Å². The van der Waals surface area contributed by atoms with Crippen molar-refractivity contribution >= 4 is 17.6 Å². The van der Waals surface area contributed by atoms with Gasteiger partial charge in [-0.15, -0.1) is 0 Å². The molecule has 0 aromatic heterocycles. The van der Waals surface area contributed by atoms with Crippen LogP contribution in [0.1, 0.15) is 22.8 Å². The van der Waals surface area contributed by atoms with Crippen molar-refractivity contribution in [3.8, 4) is 0 Å². The van der Waals surface area contributed by atoms with Crippen LogP contribution < -0.4 is 5.32 Å². The van der Waals surface area contributed by atoms with E-state index in [1.165, 1.54) is 0 Å². The minimum absolute atomic E-state index is 0.602. The first kappa shape index (κ1) is 13.0. The maximum Gasteiger partial charge on any atom is 0.418 e. The molecular weight excluding hydrogens is 239 g/mol. The first-order valence-corrected chi connectivity index (χ1v) is 4.44. The second-order valence-electron chi connectivity index (χ2n) is 3.21. The summed E-state index contributed by atoms with van der Waals surface area (Å²) in [4.78, 5) is 21.6. The Morgan fingerprint density at radius 2 is 1.88 bits per heavy atom. The van der Waals surface area contributed by atoms with E-state index in [0.29, 0.717) is 6.07 Å². The molecular formula is C10H8F3NO3. The Labute approximate surface area is 94.1 Å². The van der Waals surface area contributed by atoms with Gasteiger partial charge in [0.15, 0.2) is 0 Å². The molecule has 0 atom stereocenters. The Kier molecular flexibility index (Phi) is 3.40. The molecule has 92 valence electrons. The van der Waals surface area contributed by atoms with Gasteiger partial charge in [0.25, 0.3) is 0 Å². The van der Waals surface area contributed by atoms with Gasteiger partial charge in [-0.05, 0) is 12.1 Å². The highest BCUT2D eigenvalue weighted by molar-refractivity contribution is 6.01. The van der Waals surface area contributed by atoms with Crippen LogP contribution in [0.4, 0.5) is 18.9 Å². The Balaban J connectivity index is 3.45. The molecule has 1 aromatic carbocycles. The summed E-state index contributed by atoms with van der Waals surface area (Å²) < 4.78 is 37.8. The van der Waals surface area contributed by atoms with Gasteiger partial charge in [-0.1, -0.05) is 6.07 Å². The van der Waals surface area contributed by atoms with E-state index in [1.807, 2.05) is 5.32 Å². The molecule has 0 aliphatic heterocycles. The highest BCUT2D eigenvalue weighted by Gasteiger charge is 2.35.